The predicted molar refractivity (Wildman–Crippen MR) is 88.8 cm³/mol. The molecule has 0 bridgehead atoms. The Labute approximate surface area is 134 Å². The van der Waals surface area contributed by atoms with E-state index in [4.69, 9.17) is 23.8 Å². The number of likely N-dealkylation sites (tertiary alicyclic amines) is 1. The molecule has 1 aliphatic rings. The van der Waals surface area contributed by atoms with Gasteiger partial charge in [-0.3, -0.25) is 10.1 Å². The summed E-state index contributed by atoms with van der Waals surface area (Å²) in [5.74, 6) is 1.16. The first kappa shape index (κ1) is 16.0. The summed E-state index contributed by atoms with van der Waals surface area (Å²) in [4.78, 5) is 12.5. The molecule has 1 heterocycles. The third kappa shape index (κ3) is 4.04. The number of nitrogens with zero attached hydrogens (tertiary/aromatic N) is 2. The first-order valence-electron chi connectivity index (χ1n) is 6.86. The average molecular weight is 328 g/mol. The molecule has 1 aromatic carbocycles. The molecule has 2 rings (SSSR count). The molecule has 0 spiro atoms. The number of halogens is 1. The lowest BCUT2D eigenvalue weighted by Gasteiger charge is -2.36. The van der Waals surface area contributed by atoms with Crippen molar-refractivity contribution < 1.29 is 4.92 Å². The van der Waals surface area contributed by atoms with Crippen LogP contribution in [0.3, 0.4) is 0 Å². The highest BCUT2D eigenvalue weighted by Crippen LogP contribution is 2.28. The summed E-state index contributed by atoms with van der Waals surface area (Å²) >= 11 is 11.5. The molecule has 0 amide bonds. The zero-order valence-electron chi connectivity index (χ0n) is 12.0. The fourth-order valence-corrected chi connectivity index (χ4v) is 3.17. The third-order valence-corrected chi connectivity index (χ3v) is 4.25. The van der Waals surface area contributed by atoms with Gasteiger partial charge in [0.2, 0.25) is 0 Å². The normalized spacial score (nSPS) is 22.0. The van der Waals surface area contributed by atoms with Crippen LogP contribution in [-0.2, 0) is 0 Å². The van der Waals surface area contributed by atoms with E-state index in [-0.39, 0.29) is 5.69 Å². The summed E-state index contributed by atoms with van der Waals surface area (Å²) < 4.78 is 0. The number of anilines is 1. The van der Waals surface area contributed by atoms with Gasteiger partial charge >= 0.3 is 0 Å². The molecule has 1 aromatic rings. The largest absolute Gasteiger partial charge is 0.348 e. The molecule has 1 N–H and O–H groups in total. The SMILES string of the molecule is CC1CC(C)CN(C(=S)Nc2cc([N+](=O)[O-])ccc2Cl)C1. The van der Waals surface area contributed by atoms with Crippen molar-refractivity contribution in [1.29, 1.82) is 0 Å². The van der Waals surface area contributed by atoms with Crippen molar-refractivity contribution in [2.24, 2.45) is 11.8 Å². The highest BCUT2D eigenvalue weighted by molar-refractivity contribution is 7.80. The smallest absolute Gasteiger partial charge is 0.271 e. The number of benzene rings is 1. The van der Waals surface area contributed by atoms with E-state index in [0.29, 0.717) is 27.7 Å². The minimum absolute atomic E-state index is 0.00918. The predicted octanol–water partition coefficient (Wildman–Crippen LogP) is 3.92. The van der Waals surface area contributed by atoms with Crippen molar-refractivity contribution in [3.05, 3.63) is 33.3 Å². The van der Waals surface area contributed by atoms with Gasteiger partial charge in [-0.15, -0.1) is 0 Å². The van der Waals surface area contributed by atoms with Crippen LogP contribution in [0.1, 0.15) is 20.3 Å². The van der Waals surface area contributed by atoms with Crippen LogP contribution >= 0.6 is 23.8 Å². The fraction of sp³-hybridized carbons (Fsp3) is 0.500. The zero-order chi connectivity index (χ0) is 15.6. The third-order valence-electron chi connectivity index (χ3n) is 3.56. The molecule has 1 fully saturated rings. The van der Waals surface area contributed by atoms with Crippen molar-refractivity contribution in [3.8, 4) is 0 Å². The monoisotopic (exact) mass is 327 g/mol. The second kappa shape index (κ2) is 6.58. The van der Waals surface area contributed by atoms with Gasteiger partial charge in [0.25, 0.3) is 5.69 Å². The highest BCUT2D eigenvalue weighted by Gasteiger charge is 2.24. The lowest BCUT2D eigenvalue weighted by atomic mass is 9.92. The molecule has 21 heavy (non-hydrogen) atoms. The molecule has 114 valence electrons. The van der Waals surface area contributed by atoms with Crippen LogP contribution in [0, 0.1) is 22.0 Å². The maximum atomic E-state index is 10.8. The maximum absolute atomic E-state index is 10.8. The van der Waals surface area contributed by atoms with E-state index in [2.05, 4.69) is 24.1 Å². The van der Waals surface area contributed by atoms with E-state index >= 15 is 0 Å². The second-order valence-corrected chi connectivity index (χ2v) is 6.50. The van der Waals surface area contributed by atoms with Crippen LogP contribution in [-0.4, -0.2) is 28.0 Å². The molecule has 0 saturated carbocycles. The number of nitrogens with one attached hydrogen (secondary N) is 1. The quantitative estimate of drug-likeness (QED) is 0.507. The van der Waals surface area contributed by atoms with Crippen LogP contribution in [0.25, 0.3) is 0 Å². The summed E-state index contributed by atoms with van der Waals surface area (Å²) in [6.07, 6.45) is 1.19. The molecular weight excluding hydrogens is 310 g/mol. The molecule has 2 atom stereocenters. The van der Waals surface area contributed by atoms with Crippen molar-refractivity contribution in [1.82, 2.24) is 4.90 Å². The van der Waals surface area contributed by atoms with Crippen LogP contribution < -0.4 is 5.32 Å². The maximum Gasteiger partial charge on any atom is 0.271 e. The molecule has 5 nitrogen and oxygen atoms in total. The van der Waals surface area contributed by atoms with Gasteiger partial charge in [0.1, 0.15) is 0 Å². The number of nitro benzene ring substituents is 1. The summed E-state index contributed by atoms with van der Waals surface area (Å²) in [6.45, 7) is 6.18. The van der Waals surface area contributed by atoms with Gasteiger partial charge in [-0.05, 0) is 36.5 Å². The van der Waals surface area contributed by atoms with Gasteiger partial charge in [-0.1, -0.05) is 25.4 Å². The van der Waals surface area contributed by atoms with Crippen molar-refractivity contribution in [2.45, 2.75) is 20.3 Å². The Balaban J connectivity index is 2.12. The van der Waals surface area contributed by atoms with Gasteiger partial charge in [0.05, 0.1) is 15.6 Å². The molecule has 1 saturated heterocycles. The van der Waals surface area contributed by atoms with Crippen LogP contribution in [0.5, 0.6) is 0 Å². The number of hydrogen-bond donors (Lipinski definition) is 1. The number of non-ortho nitro benzene ring substituents is 1. The molecule has 7 heteroatoms. The Bertz CT molecular complexity index is 557. The van der Waals surface area contributed by atoms with Crippen LogP contribution in [0.2, 0.25) is 5.02 Å². The first-order chi connectivity index (χ1) is 9.86. The number of rotatable bonds is 2. The van der Waals surface area contributed by atoms with E-state index in [9.17, 15) is 10.1 Å². The van der Waals surface area contributed by atoms with E-state index < -0.39 is 4.92 Å². The molecule has 1 aliphatic heterocycles. The summed E-state index contributed by atoms with van der Waals surface area (Å²) in [7, 11) is 0. The molecule has 2 unspecified atom stereocenters. The van der Waals surface area contributed by atoms with E-state index in [1.165, 1.54) is 24.6 Å². The van der Waals surface area contributed by atoms with E-state index in [1.807, 2.05) is 0 Å². The Hall–Kier alpha value is -1.40. The molecule has 0 aliphatic carbocycles. The minimum atomic E-state index is -0.449. The molecular formula is C14H18ClN3O2S. The number of hydrogen-bond acceptors (Lipinski definition) is 3. The van der Waals surface area contributed by atoms with Gasteiger partial charge in [-0.25, -0.2) is 0 Å². The standard InChI is InChI=1S/C14H18ClN3O2S/c1-9-5-10(2)8-17(7-9)14(21)16-13-6-11(18(19)20)3-4-12(13)15/h3-4,6,9-10H,5,7-8H2,1-2H3,(H,16,21). The molecule has 0 aromatic heterocycles. The highest BCUT2D eigenvalue weighted by atomic mass is 35.5. The van der Waals surface area contributed by atoms with Gasteiger partial charge in [0, 0.05) is 25.2 Å². The fourth-order valence-electron chi connectivity index (χ4n) is 2.75. The summed E-state index contributed by atoms with van der Waals surface area (Å²) in [5.41, 5.74) is 0.465. The van der Waals surface area contributed by atoms with Crippen molar-refractivity contribution >= 4 is 40.3 Å². The lowest BCUT2D eigenvalue weighted by molar-refractivity contribution is -0.384. The zero-order valence-corrected chi connectivity index (χ0v) is 13.6. The van der Waals surface area contributed by atoms with Gasteiger partial charge < -0.3 is 10.2 Å². The number of nitro groups is 1. The first-order valence-corrected chi connectivity index (χ1v) is 7.65. The Kier molecular flexibility index (Phi) is 5.00. The van der Waals surface area contributed by atoms with Crippen LogP contribution in [0.4, 0.5) is 11.4 Å². The molecule has 0 radical (unpaired) electrons. The number of thiocarbonyl (C=S) groups is 1. The Morgan fingerprint density at radius 3 is 2.62 bits per heavy atom. The van der Waals surface area contributed by atoms with E-state index in [1.54, 1.807) is 0 Å². The topological polar surface area (TPSA) is 58.4 Å². The summed E-state index contributed by atoms with van der Waals surface area (Å²) in [5, 5.41) is 14.8. The van der Waals surface area contributed by atoms with Crippen molar-refractivity contribution in [3.63, 3.8) is 0 Å². The summed E-state index contributed by atoms with van der Waals surface area (Å²) in [6, 6.07) is 4.29. The minimum Gasteiger partial charge on any atom is -0.348 e. The Morgan fingerprint density at radius 1 is 1.43 bits per heavy atom. The number of piperidine rings is 1. The Morgan fingerprint density at radius 2 is 2.05 bits per heavy atom. The van der Waals surface area contributed by atoms with E-state index in [0.717, 1.165) is 13.1 Å². The van der Waals surface area contributed by atoms with Gasteiger partial charge in [-0.2, -0.15) is 0 Å². The van der Waals surface area contributed by atoms with Crippen LogP contribution in [0.15, 0.2) is 18.2 Å². The second-order valence-electron chi connectivity index (χ2n) is 5.70. The lowest BCUT2D eigenvalue weighted by Crippen LogP contribution is -2.44. The average Bonchev–Trinajstić information content (AvgIpc) is 2.39. The van der Waals surface area contributed by atoms with Gasteiger partial charge in [0.15, 0.2) is 5.11 Å². The van der Waals surface area contributed by atoms with Crippen molar-refractivity contribution in [2.75, 3.05) is 18.4 Å².